The van der Waals surface area contributed by atoms with E-state index in [0.717, 1.165) is 11.3 Å². The number of ether oxygens (including phenoxy) is 1. The number of benzene rings is 2. The molecule has 3 heterocycles. The third-order valence-electron chi connectivity index (χ3n) is 7.55. The van der Waals surface area contributed by atoms with E-state index >= 15 is 0 Å². The van der Waals surface area contributed by atoms with Crippen molar-refractivity contribution >= 4 is 50.2 Å². The molecule has 0 aliphatic carbocycles. The van der Waals surface area contributed by atoms with Crippen LogP contribution in [-0.4, -0.2) is 58.5 Å². The highest BCUT2D eigenvalue weighted by atomic mass is 32.1. The number of carbonyl (C=O) groups is 3. The van der Waals surface area contributed by atoms with E-state index in [1.54, 1.807) is 12.1 Å². The normalized spacial score (nSPS) is 17.2. The number of nitrogens with one attached hydrogen (secondary N) is 4. The summed E-state index contributed by atoms with van der Waals surface area (Å²) in [4.78, 5) is 46.4. The van der Waals surface area contributed by atoms with E-state index in [0.29, 0.717) is 28.8 Å². The first kappa shape index (κ1) is 30.4. The second kappa shape index (κ2) is 12.6. The Morgan fingerprint density at radius 1 is 1.19 bits per heavy atom. The SMILES string of the molecule is COc1ccc(F)c2[nH]c(C(=O)N[C@@H](CC(C)C)C(=O)N[C@@H](C[C@@H]3CCNC3=O)[C@H](O)c3nc4c(F)cccc4s3)cc12. The van der Waals surface area contributed by atoms with E-state index in [4.69, 9.17) is 4.74 Å². The van der Waals surface area contributed by atoms with Gasteiger partial charge in [0.25, 0.3) is 5.91 Å². The van der Waals surface area contributed by atoms with Crippen LogP contribution in [0.2, 0.25) is 0 Å². The third-order valence-corrected chi connectivity index (χ3v) is 8.64. The highest BCUT2D eigenvalue weighted by Crippen LogP contribution is 2.32. The van der Waals surface area contributed by atoms with Crippen LogP contribution in [0.5, 0.6) is 5.75 Å². The minimum Gasteiger partial charge on any atom is -0.496 e. The standard InChI is InChI=1S/C30H33F2N5O5S/c1-14(2)11-20(36-29(41)21-13-16-22(42-3)8-7-18(32)24(16)34-21)28(40)35-19(12-15-9-10-33-27(15)39)26(38)30-37-25-17(31)5-4-6-23(25)43-30/h4-8,13-15,19-20,26,34,38H,9-12H2,1-3H3,(H,33,39)(H,35,40)(H,36,41)/t15-,19-,20-,26-/m0/s1. The van der Waals surface area contributed by atoms with Crippen LogP contribution in [0.3, 0.4) is 0 Å². The molecule has 43 heavy (non-hydrogen) atoms. The van der Waals surface area contributed by atoms with Gasteiger partial charge < -0.3 is 30.8 Å². The Morgan fingerprint density at radius 2 is 1.98 bits per heavy atom. The van der Waals surface area contributed by atoms with Crippen molar-refractivity contribution in [1.82, 2.24) is 25.9 Å². The van der Waals surface area contributed by atoms with Crippen molar-refractivity contribution < 1.29 is 33.0 Å². The number of thiazole rings is 1. The molecule has 0 bridgehead atoms. The lowest BCUT2D eigenvalue weighted by atomic mass is 9.94. The van der Waals surface area contributed by atoms with Gasteiger partial charge in [-0.3, -0.25) is 14.4 Å². The molecule has 1 fully saturated rings. The number of amides is 3. The Kier molecular flexibility index (Phi) is 8.92. The van der Waals surface area contributed by atoms with Crippen molar-refractivity contribution in [2.24, 2.45) is 11.8 Å². The molecule has 1 saturated heterocycles. The predicted octanol–water partition coefficient (Wildman–Crippen LogP) is 3.95. The summed E-state index contributed by atoms with van der Waals surface area (Å²) in [5.41, 5.74) is 0.247. The number of aromatic nitrogens is 2. The summed E-state index contributed by atoms with van der Waals surface area (Å²) in [6.07, 6.45) is -0.442. The minimum atomic E-state index is -1.34. The van der Waals surface area contributed by atoms with E-state index in [1.165, 1.54) is 31.4 Å². The summed E-state index contributed by atoms with van der Waals surface area (Å²) in [6, 6.07) is 6.66. The fraction of sp³-hybridized carbons (Fsp3) is 0.400. The lowest BCUT2D eigenvalue weighted by Crippen LogP contribution is -2.52. The number of methoxy groups -OCH3 is 1. The first-order valence-electron chi connectivity index (χ1n) is 14.0. The van der Waals surface area contributed by atoms with Crippen LogP contribution >= 0.6 is 11.3 Å². The zero-order valence-corrected chi connectivity index (χ0v) is 24.7. The Labute approximate surface area is 250 Å². The lowest BCUT2D eigenvalue weighted by Gasteiger charge is -2.28. The van der Waals surface area contributed by atoms with Crippen molar-refractivity contribution in [3.8, 4) is 5.75 Å². The molecule has 0 spiro atoms. The first-order valence-corrected chi connectivity index (χ1v) is 14.8. The number of hydrogen-bond donors (Lipinski definition) is 5. The number of aliphatic hydroxyl groups is 1. The van der Waals surface area contributed by atoms with Gasteiger partial charge in [0.15, 0.2) is 0 Å². The molecule has 2 aromatic carbocycles. The maximum absolute atomic E-state index is 14.4. The number of aliphatic hydroxyl groups excluding tert-OH is 1. The van der Waals surface area contributed by atoms with Gasteiger partial charge in [-0.1, -0.05) is 19.9 Å². The zero-order chi connectivity index (χ0) is 30.8. The van der Waals surface area contributed by atoms with Crippen molar-refractivity contribution in [3.63, 3.8) is 0 Å². The van der Waals surface area contributed by atoms with E-state index in [-0.39, 0.29) is 46.4 Å². The largest absolute Gasteiger partial charge is 0.496 e. The number of carbonyl (C=O) groups excluding carboxylic acids is 3. The Hall–Kier alpha value is -4.10. The van der Waals surface area contributed by atoms with Crippen molar-refractivity contribution in [2.75, 3.05) is 13.7 Å². The summed E-state index contributed by atoms with van der Waals surface area (Å²) in [7, 11) is 1.44. The number of hydrogen-bond acceptors (Lipinski definition) is 7. The van der Waals surface area contributed by atoms with Gasteiger partial charge in [0.05, 0.1) is 23.4 Å². The summed E-state index contributed by atoms with van der Waals surface area (Å²) < 4.78 is 34.6. The maximum atomic E-state index is 14.4. The number of fused-ring (bicyclic) bond motifs is 2. The van der Waals surface area contributed by atoms with E-state index < -0.39 is 47.6 Å². The fourth-order valence-corrected chi connectivity index (χ4v) is 6.39. The van der Waals surface area contributed by atoms with E-state index in [9.17, 15) is 28.3 Å². The van der Waals surface area contributed by atoms with Crippen LogP contribution in [0.25, 0.3) is 21.1 Å². The second-order valence-corrected chi connectivity index (χ2v) is 12.2. The number of aromatic amines is 1. The molecule has 5 N–H and O–H groups in total. The monoisotopic (exact) mass is 613 g/mol. The van der Waals surface area contributed by atoms with Crippen LogP contribution in [0, 0.1) is 23.5 Å². The van der Waals surface area contributed by atoms with Crippen molar-refractivity contribution in [1.29, 1.82) is 0 Å². The van der Waals surface area contributed by atoms with Gasteiger partial charge in [-0.15, -0.1) is 11.3 Å². The molecule has 13 heteroatoms. The van der Waals surface area contributed by atoms with Gasteiger partial charge in [0.1, 0.15) is 45.7 Å². The van der Waals surface area contributed by atoms with Gasteiger partial charge in [0, 0.05) is 17.8 Å². The maximum Gasteiger partial charge on any atom is 0.268 e. The predicted molar refractivity (Wildman–Crippen MR) is 158 cm³/mol. The quantitative estimate of drug-likeness (QED) is 0.173. The number of rotatable bonds is 11. The van der Waals surface area contributed by atoms with E-state index in [2.05, 4.69) is 25.9 Å². The molecule has 3 amide bonds. The molecule has 2 aromatic heterocycles. The summed E-state index contributed by atoms with van der Waals surface area (Å²) >= 11 is 1.10. The molecule has 0 saturated carbocycles. The molecule has 1 aliphatic rings. The topological polar surface area (TPSA) is 145 Å². The molecule has 1 aliphatic heterocycles. The number of halogens is 2. The average Bonchev–Trinajstić information content (AvgIpc) is 3.71. The summed E-state index contributed by atoms with van der Waals surface area (Å²) in [6.45, 7) is 4.26. The van der Waals surface area contributed by atoms with Crippen molar-refractivity contribution in [3.05, 3.63) is 58.7 Å². The molecular weight excluding hydrogens is 580 g/mol. The smallest absolute Gasteiger partial charge is 0.268 e. The Bertz CT molecular complexity index is 1670. The Morgan fingerprint density at radius 3 is 2.65 bits per heavy atom. The highest BCUT2D eigenvalue weighted by molar-refractivity contribution is 7.18. The zero-order valence-electron chi connectivity index (χ0n) is 23.9. The van der Waals surface area contributed by atoms with Crippen LogP contribution in [0.1, 0.15) is 54.7 Å². The van der Waals surface area contributed by atoms with Gasteiger partial charge in [0.2, 0.25) is 11.8 Å². The molecule has 4 atom stereocenters. The minimum absolute atomic E-state index is 0.00692. The van der Waals surface area contributed by atoms with Gasteiger partial charge in [-0.05, 0) is 55.5 Å². The van der Waals surface area contributed by atoms with Crippen LogP contribution in [0.15, 0.2) is 36.4 Å². The number of H-pyrrole nitrogens is 1. The van der Waals surface area contributed by atoms with Gasteiger partial charge >= 0.3 is 0 Å². The van der Waals surface area contributed by atoms with Crippen LogP contribution < -0.4 is 20.7 Å². The van der Waals surface area contributed by atoms with Crippen LogP contribution in [0.4, 0.5) is 8.78 Å². The average molecular weight is 614 g/mol. The summed E-state index contributed by atoms with van der Waals surface area (Å²) in [5.74, 6) is -2.57. The molecule has 5 rings (SSSR count). The molecular formula is C30H33F2N5O5S. The number of nitrogens with zero attached hydrogens (tertiary/aromatic N) is 1. The molecule has 4 aromatic rings. The van der Waals surface area contributed by atoms with Crippen molar-refractivity contribution in [2.45, 2.75) is 51.3 Å². The highest BCUT2D eigenvalue weighted by Gasteiger charge is 2.35. The first-order chi connectivity index (χ1) is 20.5. The molecule has 0 radical (unpaired) electrons. The van der Waals surface area contributed by atoms with Gasteiger partial charge in [-0.2, -0.15) is 0 Å². The molecule has 228 valence electrons. The third kappa shape index (κ3) is 6.47. The lowest BCUT2D eigenvalue weighted by molar-refractivity contribution is -0.127. The van der Waals surface area contributed by atoms with E-state index in [1.807, 2.05) is 13.8 Å². The fourth-order valence-electron chi connectivity index (χ4n) is 5.36. The molecule has 0 unspecified atom stereocenters. The Balaban J connectivity index is 1.39. The number of para-hydroxylation sites is 1. The van der Waals surface area contributed by atoms with Crippen LogP contribution in [-0.2, 0) is 9.59 Å². The molecule has 10 nitrogen and oxygen atoms in total. The summed E-state index contributed by atoms with van der Waals surface area (Å²) in [5, 5.41) is 20.3. The van der Waals surface area contributed by atoms with Gasteiger partial charge in [-0.25, -0.2) is 13.8 Å². The second-order valence-electron chi connectivity index (χ2n) is 11.1.